The van der Waals surface area contributed by atoms with Gasteiger partial charge in [0.15, 0.2) is 16.6 Å². The van der Waals surface area contributed by atoms with Crippen molar-refractivity contribution in [2.24, 2.45) is 0 Å². The summed E-state index contributed by atoms with van der Waals surface area (Å²) in [6, 6.07) is 13.2. The highest BCUT2D eigenvalue weighted by molar-refractivity contribution is 7.16. The Morgan fingerprint density at radius 1 is 1.00 bits per heavy atom. The SMILES string of the molecule is COc1ccc(C(=O)Nc2nc(-c3ccc(C)cc3)c(C)s2)cc1OC. The van der Waals surface area contributed by atoms with E-state index in [0.29, 0.717) is 22.2 Å². The molecule has 6 heteroatoms. The molecule has 0 fully saturated rings. The van der Waals surface area contributed by atoms with E-state index in [1.165, 1.54) is 24.0 Å². The topological polar surface area (TPSA) is 60.5 Å². The summed E-state index contributed by atoms with van der Waals surface area (Å²) in [4.78, 5) is 18.2. The largest absolute Gasteiger partial charge is 0.493 e. The van der Waals surface area contributed by atoms with E-state index in [9.17, 15) is 4.79 Å². The number of thiazole rings is 1. The lowest BCUT2D eigenvalue weighted by Crippen LogP contribution is -2.11. The number of ether oxygens (including phenoxy) is 2. The van der Waals surface area contributed by atoms with Crippen molar-refractivity contribution < 1.29 is 14.3 Å². The van der Waals surface area contributed by atoms with Crippen molar-refractivity contribution in [2.45, 2.75) is 13.8 Å². The minimum atomic E-state index is -0.241. The number of hydrogen-bond donors (Lipinski definition) is 1. The second-order valence-corrected chi connectivity index (χ2v) is 7.02. The number of aryl methyl sites for hydroxylation is 2. The summed E-state index contributed by atoms with van der Waals surface area (Å²) < 4.78 is 10.4. The van der Waals surface area contributed by atoms with E-state index in [2.05, 4.69) is 22.4 Å². The fourth-order valence-corrected chi connectivity index (χ4v) is 3.41. The summed E-state index contributed by atoms with van der Waals surface area (Å²) in [6.07, 6.45) is 0. The average Bonchev–Trinajstić information content (AvgIpc) is 3.01. The molecule has 1 heterocycles. The number of benzene rings is 2. The zero-order valence-electron chi connectivity index (χ0n) is 15.1. The molecule has 3 aromatic rings. The van der Waals surface area contributed by atoms with Gasteiger partial charge in [-0.3, -0.25) is 10.1 Å². The third-order valence-corrected chi connectivity index (χ3v) is 4.87. The summed E-state index contributed by atoms with van der Waals surface area (Å²) in [5.74, 6) is 0.849. The molecule has 0 atom stereocenters. The predicted molar refractivity (Wildman–Crippen MR) is 105 cm³/mol. The number of aromatic nitrogens is 1. The highest BCUT2D eigenvalue weighted by Crippen LogP contribution is 2.31. The first-order chi connectivity index (χ1) is 12.5. The van der Waals surface area contributed by atoms with Crippen LogP contribution in [-0.4, -0.2) is 25.1 Å². The Morgan fingerprint density at radius 2 is 1.69 bits per heavy atom. The molecule has 0 unspecified atom stereocenters. The Labute approximate surface area is 156 Å². The van der Waals surface area contributed by atoms with Crippen LogP contribution in [0, 0.1) is 13.8 Å². The van der Waals surface area contributed by atoms with Crippen LogP contribution in [0.4, 0.5) is 5.13 Å². The molecule has 0 aliphatic carbocycles. The summed E-state index contributed by atoms with van der Waals surface area (Å²) in [6.45, 7) is 4.05. The first-order valence-corrected chi connectivity index (χ1v) is 8.91. The zero-order valence-corrected chi connectivity index (χ0v) is 15.9. The highest BCUT2D eigenvalue weighted by Gasteiger charge is 2.15. The van der Waals surface area contributed by atoms with E-state index >= 15 is 0 Å². The highest BCUT2D eigenvalue weighted by atomic mass is 32.1. The van der Waals surface area contributed by atoms with E-state index < -0.39 is 0 Å². The number of rotatable bonds is 5. The number of carbonyl (C=O) groups is 1. The zero-order chi connectivity index (χ0) is 18.7. The molecule has 0 bridgehead atoms. The van der Waals surface area contributed by atoms with Crippen molar-refractivity contribution >= 4 is 22.4 Å². The molecule has 0 spiro atoms. The molecule has 5 nitrogen and oxygen atoms in total. The van der Waals surface area contributed by atoms with Crippen molar-refractivity contribution in [3.63, 3.8) is 0 Å². The second kappa shape index (κ2) is 7.58. The molecule has 0 saturated heterocycles. The summed E-state index contributed by atoms with van der Waals surface area (Å²) >= 11 is 1.46. The molecule has 26 heavy (non-hydrogen) atoms. The van der Waals surface area contributed by atoms with Crippen molar-refractivity contribution in [1.29, 1.82) is 0 Å². The van der Waals surface area contributed by atoms with Gasteiger partial charge in [-0.25, -0.2) is 4.98 Å². The third-order valence-electron chi connectivity index (χ3n) is 3.99. The number of nitrogens with zero attached hydrogens (tertiary/aromatic N) is 1. The predicted octanol–water partition coefficient (Wildman–Crippen LogP) is 4.70. The number of carbonyl (C=O) groups excluding carboxylic acids is 1. The number of amides is 1. The van der Waals surface area contributed by atoms with Crippen molar-refractivity contribution in [1.82, 2.24) is 4.98 Å². The van der Waals surface area contributed by atoms with E-state index in [-0.39, 0.29) is 5.91 Å². The standard InChI is InChI=1S/C20H20N2O3S/c1-12-5-7-14(8-6-12)18-13(2)26-20(21-18)22-19(23)15-9-10-16(24-3)17(11-15)25-4/h5-11H,1-4H3,(H,21,22,23). The lowest BCUT2D eigenvalue weighted by molar-refractivity contribution is 0.102. The van der Waals surface area contributed by atoms with Crippen LogP contribution >= 0.6 is 11.3 Å². The molecule has 0 aliphatic heterocycles. The van der Waals surface area contributed by atoms with E-state index in [1.807, 2.05) is 26.0 Å². The van der Waals surface area contributed by atoms with Crippen LogP contribution in [0.25, 0.3) is 11.3 Å². The second-order valence-electron chi connectivity index (χ2n) is 5.81. The summed E-state index contributed by atoms with van der Waals surface area (Å²) in [7, 11) is 3.10. The quantitative estimate of drug-likeness (QED) is 0.709. The van der Waals surface area contributed by atoms with Gasteiger partial charge in [0.05, 0.1) is 19.9 Å². The molecule has 3 rings (SSSR count). The molecule has 1 aromatic heterocycles. The fraction of sp³-hybridized carbons (Fsp3) is 0.200. The van der Waals surface area contributed by atoms with Gasteiger partial charge in [-0.1, -0.05) is 29.8 Å². The molecule has 2 aromatic carbocycles. The van der Waals surface area contributed by atoms with Crippen molar-refractivity contribution in [2.75, 3.05) is 19.5 Å². The third kappa shape index (κ3) is 3.70. The maximum absolute atomic E-state index is 12.5. The first kappa shape index (κ1) is 17.9. The normalized spacial score (nSPS) is 10.5. The average molecular weight is 368 g/mol. The van der Waals surface area contributed by atoms with Crippen LogP contribution in [0.1, 0.15) is 20.8 Å². The van der Waals surface area contributed by atoms with Crippen LogP contribution in [0.3, 0.4) is 0 Å². The number of nitrogens with one attached hydrogen (secondary N) is 1. The number of anilines is 1. The van der Waals surface area contributed by atoms with Crippen LogP contribution in [0.2, 0.25) is 0 Å². The van der Waals surface area contributed by atoms with Crippen LogP contribution in [0.5, 0.6) is 11.5 Å². The number of methoxy groups -OCH3 is 2. The van der Waals surface area contributed by atoms with E-state index in [0.717, 1.165) is 16.1 Å². The van der Waals surface area contributed by atoms with Gasteiger partial charge in [-0.15, -0.1) is 11.3 Å². The smallest absolute Gasteiger partial charge is 0.257 e. The fourth-order valence-electron chi connectivity index (χ4n) is 2.58. The Hall–Kier alpha value is -2.86. The van der Waals surface area contributed by atoms with Crippen molar-refractivity contribution in [3.05, 3.63) is 58.5 Å². The first-order valence-electron chi connectivity index (χ1n) is 8.09. The maximum atomic E-state index is 12.5. The molecule has 134 valence electrons. The van der Waals surface area contributed by atoms with Gasteiger partial charge in [-0.2, -0.15) is 0 Å². The summed E-state index contributed by atoms with van der Waals surface area (Å²) in [5, 5.41) is 3.43. The van der Waals surface area contributed by atoms with Gasteiger partial charge in [0, 0.05) is 16.0 Å². The monoisotopic (exact) mass is 368 g/mol. The van der Waals surface area contributed by atoms with Gasteiger partial charge in [0.25, 0.3) is 5.91 Å². The molecule has 0 aliphatic rings. The Bertz CT molecular complexity index is 933. The maximum Gasteiger partial charge on any atom is 0.257 e. The van der Waals surface area contributed by atoms with Gasteiger partial charge in [-0.05, 0) is 32.0 Å². The van der Waals surface area contributed by atoms with E-state index in [1.54, 1.807) is 25.3 Å². The molecular weight excluding hydrogens is 348 g/mol. The Morgan fingerprint density at radius 3 is 2.35 bits per heavy atom. The lowest BCUT2D eigenvalue weighted by atomic mass is 10.1. The van der Waals surface area contributed by atoms with Gasteiger partial charge < -0.3 is 9.47 Å². The Kier molecular flexibility index (Phi) is 5.23. The van der Waals surface area contributed by atoms with Crippen LogP contribution < -0.4 is 14.8 Å². The van der Waals surface area contributed by atoms with Gasteiger partial charge in [0.2, 0.25) is 0 Å². The van der Waals surface area contributed by atoms with E-state index in [4.69, 9.17) is 9.47 Å². The van der Waals surface area contributed by atoms with Gasteiger partial charge in [0.1, 0.15) is 0 Å². The molecule has 1 amide bonds. The van der Waals surface area contributed by atoms with Crippen LogP contribution in [0.15, 0.2) is 42.5 Å². The Balaban J connectivity index is 1.82. The van der Waals surface area contributed by atoms with Crippen LogP contribution in [-0.2, 0) is 0 Å². The molecule has 0 saturated carbocycles. The molecular formula is C20H20N2O3S. The molecule has 1 N–H and O–H groups in total. The minimum Gasteiger partial charge on any atom is -0.493 e. The van der Waals surface area contributed by atoms with Gasteiger partial charge >= 0.3 is 0 Å². The lowest BCUT2D eigenvalue weighted by Gasteiger charge is -2.09. The minimum absolute atomic E-state index is 0.241. The summed E-state index contributed by atoms with van der Waals surface area (Å²) in [5.41, 5.74) is 3.60. The number of hydrogen-bond acceptors (Lipinski definition) is 5. The molecule has 0 radical (unpaired) electrons. The van der Waals surface area contributed by atoms with Crippen molar-refractivity contribution in [3.8, 4) is 22.8 Å².